The zero-order valence-electron chi connectivity index (χ0n) is 25.5. The second kappa shape index (κ2) is 12.9. The van der Waals surface area contributed by atoms with Gasteiger partial charge in [0.05, 0.1) is 23.2 Å². The molecule has 2 N–H and O–H groups in total. The number of anilines is 2. The van der Waals surface area contributed by atoms with Crippen molar-refractivity contribution in [1.29, 1.82) is 5.26 Å². The minimum Gasteiger partial charge on any atom is -0.369 e. The van der Waals surface area contributed by atoms with Crippen LogP contribution in [0.4, 0.5) is 11.4 Å². The molecular formula is C34H30BrN7O5. The standard InChI is InChI=1S/C34H30BrN7O5/c1-21-3-8-26(14-27(21)32(46)41(20-43)29-9-10-30(44)39-31(29)45)40-17-23(18-40)5-4-22-16-37-42(19-22)34(11-2-12-34)33(47)38-25-7-6-24(15-36)28(35)13-25/h3,6-8,13-14,16,19-20,23,29H,2,9-12,17-18H2,1H3,(H,38,47)(H,39,44,45). The maximum Gasteiger partial charge on any atom is 0.261 e. The lowest BCUT2D eigenvalue weighted by Crippen LogP contribution is -2.54. The Balaban J connectivity index is 1.09. The van der Waals surface area contributed by atoms with Crippen LogP contribution in [0.15, 0.2) is 53.3 Å². The number of nitriles is 1. The van der Waals surface area contributed by atoms with Gasteiger partial charge in [0.25, 0.3) is 11.8 Å². The maximum absolute atomic E-state index is 13.4. The highest BCUT2D eigenvalue weighted by Crippen LogP contribution is 2.40. The first-order chi connectivity index (χ1) is 22.6. The van der Waals surface area contributed by atoms with Crippen molar-refractivity contribution in [2.75, 3.05) is 23.3 Å². The molecule has 1 atom stereocenters. The first-order valence-electron chi connectivity index (χ1n) is 15.2. The lowest BCUT2D eigenvalue weighted by molar-refractivity contribution is -0.139. The van der Waals surface area contributed by atoms with E-state index in [4.69, 9.17) is 5.26 Å². The summed E-state index contributed by atoms with van der Waals surface area (Å²) in [6.07, 6.45) is 6.16. The first-order valence-corrected chi connectivity index (χ1v) is 16.0. The van der Waals surface area contributed by atoms with E-state index in [1.54, 1.807) is 54.3 Å². The Morgan fingerprint density at radius 3 is 2.64 bits per heavy atom. The summed E-state index contributed by atoms with van der Waals surface area (Å²) in [4.78, 5) is 65.4. The molecule has 5 amide bonds. The number of nitrogens with one attached hydrogen (secondary N) is 2. The second-order valence-electron chi connectivity index (χ2n) is 12.0. The summed E-state index contributed by atoms with van der Waals surface area (Å²) in [5, 5.41) is 18.8. The number of amides is 5. The average molecular weight is 697 g/mol. The molecule has 3 fully saturated rings. The van der Waals surface area contributed by atoms with Crippen molar-refractivity contribution >= 4 is 57.3 Å². The SMILES string of the molecule is Cc1ccc(N2CC(C#Cc3cnn(C4(C(=O)Nc5ccc(C#N)c(Br)c5)CCC4)c3)C2)cc1C(=O)N(C=O)C1CCC(=O)NC1=O. The summed E-state index contributed by atoms with van der Waals surface area (Å²) in [7, 11) is 0. The third-order valence-electron chi connectivity index (χ3n) is 8.98. The number of carbonyl (C=O) groups excluding carboxylic acids is 5. The number of hydrogen-bond donors (Lipinski definition) is 2. The van der Waals surface area contributed by atoms with Crippen molar-refractivity contribution in [2.24, 2.45) is 5.92 Å². The highest BCUT2D eigenvalue weighted by Gasteiger charge is 2.47. The minimum atomic E-state index is -1.03. The Bertz CT molecular complexity index is 1910. The summed E-state index contributed by atoms with van der Waals surface area (Å²) in [6, 6.07) is 11.5. The number of aromatic nitrogens is 2. The van der Waals surface area contributed by atoms with Crippen molar-refractivity contribution < 1.29 is 24.0 Å². The number of halogens is 1. The number of nitrogens with zero attached hydrogens (tertiary/aromatic N) is 5. The van der Waals surface area contributed by atoms with Crippen LogP contribution in [-0.4, -0.2) is 63.9 Å². The lowest BCUT2D eigenvalue weighted by atomic mass is 9.76. The van der Waals surface area contributed by atoms with Gasteiger partial charge < -0.3 is 10.2 Å². The molecule has 3 aliphatic rings. The van der Waals surface area contributed by atoms with Gasteiger partial charge in [0.15, 0.2) is 0 Å². The quantitative estimate of drug-likeness (QED) is 0.217. The summed E-state index contributed by atoms with van der Waals surface area (Å²) in [6.45, 7) is 3.03. The van der Waals surface area contributed by atoms with Gasteiger partial charge in [-0.15, -0.1) is 0 Å². The summed E-state index contributed by atoms with van der Waals surface area (Å²) in [5.74, 6) is 4.69. The Morgan fingerprint density at radius 1 is 1.19 bits per heavy atom. The van der Waals surface area contributed by atoms with Gasteiger partial charge in [-0.1, -0.05) is 17.9 Å². The van der Waals surface area contributed by atoms with E-state index in [2.05, 4.69) is 54.5 Å². The van der Waals surface area contributed by atoms with Gasteiger partial charge in [0, 0.05) is 47.1 Å². The van der Waals surface area contributed by atoms with Gasteiger partial charge in [0.1, 0.15) is 17.6 Å². The number of piperidine rings is 1. The van der Waals surface area contributed by atoms with E-state index >= 15 is 0 Å². The fraction of sp³-hybridized carbons (Fsp3) is 0.324. The molecule has 12 nitrogen and oxygen atoms in total. The molecule has 3 heterocycles. The van der Waals surface area contributed by atoms with Gasteiger partial charge in [0.2, 0.25) is 18.2 Å². The smallest absolute Gasteiger partial charge is 0.261 e. The molecule has 1 unspecified atom stereocenters. The van der Waals surface area contributed by atoms with Crippen LogP contribution in [0.3, 0.4) is 0 Å². The van der Waals surface area contributed by atoms with E-state index in [-0.39, 0.29) is 24.7 Å². The topological polar surface area (TPSA) is 158 Å². The number of benzene rings is 2. The first kappa shape index (κ1) is 31.7. The third kappa shape index (κ3) is 6.14. The zero-order valence-corrected chi connectivity index (χ0v) is 27.0. The Kier molecular flexibility index (Phi) is 8.67. The van der Waals surface area contributed by atoms with Crippen LogP contribution < -0.4 is 15.5 Å². The number of imide groups is 2. The number of aryl methyl sites for hydroxylation is 1. The molecule has 1 aliphatic carbocycles. The number of hydrogen-bond acceptors (Lipinski definition) is 8. The molecule has 2 aliphatic heterocycles. The van der Waals surface area contributed by atoms with Gasteiger partial charge in [-0.05, 0) is 84.4 Å². The van der Waals surface area contributed by atoms with Gasteiger partial charge in [-0.2, -0.15) is 10.4 Å². The van der Waals surface area contributed by atoms with E-state index in [0.29, 0.717) is 64.8 Å². The second-order valence-corrected chi connectivity index (χ2v) is 12.8. The van der Waals surface area contributed by atoms with Crippen LogP contribution in [0.5, 0.6) is 0 Å². The molecule has 2 saturated heterocycles. The van der Waals surface area contributed by atoms with E-state index in [0.717, 1.165) is 17.0 Å². The average Bonchev–Trinajstić information content (AvgIpc) is 3.46. The monoisotopic (exact) mass is 695 g/mol. The zero-order chi connectivity index (χ0) is 33.3. The van der Waals surface area contributed by atoms with Gasteiger partial charge >= 0.3 is 0 Å². The highest BCUT2D eigenvalue weighted by atomic mass is 79.9. The highest BCUT2D eigenvalue weighted by molar-refractivity contribution is 9.10. The van der Waals surface area contributed by atoms with Crippen molar-refractivity contribution in [3.8, 4) is 17.9 Å². The Labute approximate surface area is 279 Å². The molecule has 1 saturated carbocycles. The molecule has 0 bridgehead atoms. The number of rotatable bonds is 7. The molecule has 6 rings (SSSR count). The van der Waals surface area contributed by atoms with Crippen molar-refractivity contribution in [3.63, 3.8) is 0 Å². The lowest BCUT2D eigenvalue weighted by Gasteiger charge is -2.40. The molecule has 13 heteroatoms. The van der Waals surface area contributed by atoms with Gasteiger partial charge in [-0.3, -0.25) is 38.9 Å². The van der Waals surface area contributed by atoms with Crippen molar-refractivity contribution in [1.82, 2.24) is 20.0 Å². The molecule has 2 aromatic carbocycles. The summed E-state index contributed by atoms with van der Waals surface area (Å²) in [5.41, 5.74) is 2.75. The Hall–Kier alpha value is -5.27. The fourth-order valence-electron chi connectivity index (χ4n) is 5.98. The van der Waals surface area contributed by atoms with Crippen LogP contribution in [0.1, 0.15) is 59.2 Å². The molecular weight excluding hydrogens is 666 g/mol. The predicted molar refractivity (Wildman–Crippen MR) is 174 cm³/mol. The minimum absolute atomic E-state index is 0.0540. The third-order valence-corrected chi connectivity index (χ3v) is 9.64. The summed E-state index contributed by atoms with van der Waals surface area (Å²) >= 11 is 3.36. The van der Waals surface area contributed by atoms with E-state index in [9.17, 15) is 24.0 Å². The molecule has 238 valence electrons. The van der Waals surface area contributed by atoms with Crippen LogP contribution in [0.2, 0.25) is 0 Å². The predicted octanol–water partition coefficient (Wildman–Crippen LogP) is 3.24. The van der Waals surface area contributed by atoms with Crippen LogP contribution in [-0.2, 0) is 24.7 Å². The van der Waals surface area contributed by atoms with E-state index < -0.39 is 29.3 Å². The number of carbonyl (C=O) groups is 5. The molecule has 0 radical (unpaired) electrons. The maximum atomic E-state index is 13.4. The van der Waals surface area contributed by atoms with E-state index in [1.165, 1.54) is 0 Å². The van der Waals surface area contributed by atoms with Crippen LogP contribution >= 0.6 is 15.9 Å². The van der Waals surface area contributed by atoms with Gasteiger partial charge in [-0.25, -0.2) is 0 Å². The summed E-state index contributed by atoms with van der Waals surface area (Å²) < 4.78 is 2.31. The fourth-order valence-corrected chi connectivity index (χ4v) is 6.44. The van der Waals surface area contributed by atoms with Crippen molar-refractivity contribution in [3.05, 3.63) is 75.5 Å². The molecule has 47 heavy (non-hydrogen) atoms. The molecule has 0 spiro atoms. The molecule has 3 aromatic rings. The van der Waals surface area contributed by atoms with Crippen LogP contribution in [0.25, 0.3) is 0 Å². The normalized spacial score (nSPS) is 18.4. The van der Waals surface area contributed by atoms with E-state index in [1.807, 2.05) is 6.07 Å². The largest absolute Gasteiger partial charge is 0.369 e. The Morgan fingerprint density at radius 2 is 1.98 bits per heavy atom. The van der Waals surface area contributed by atoms with Crippen LogP contribution in [0, 0.1) is 36.0 Å². The molecule has 1 aromatic heterocycles. The van der Waals surface area contributed by atoms with Crippen molar-refractivity contribution in [2.45, 2.75) is 50.6 Å².